The second-order valence-corrected chi connectivity index (χ2v) is 4.64. The van der Waals surface area contributed by atoms with Gasteiger partial charge in [-0.1, -0.05) is 0 Å². The van der Waals surface area contributed by atoms with Crippen LogP contribution in [0.4, 0.5) is 11.4 Å². The standard InChI is InChI=1S/C14H20N2O4/c1-19-12-8-10-11(9-13(12)20-2)16(6-3-5-15-10)7-4-14(17)18/h8-9,15H,3-7H2,1-2H3,(H,17,18). The molecule has 1 aromatic carbocycles. The Kier molecular flexibility index (Phi) is 4.55. The van der Waals surface area contributed by atoms with Crippen LogP contribution < -0.4 is 19.7 Å². The van der Waals surface area contributed by atoms with Crippen molar-refractivity contribution in [1.29, 1.82) is 0 Å². The first-order valence-corrected chi connectivity index (χ1v) is 6.62. The summed E-state index contributed by atoms with van der Waals surface area (Å²) in [7, 11) is 3.19. The van der Waals surface area contributed by atoms with Gasteiger partial charge in [0.15, 0.2) is 11.5 Å². The third-order valence-corrected chi connectivity index (χ3v) is 3.36. The van der Waals surface area contributed by atoms with Crippen molar-refractivity contribution < 1.29 is 19.4 Å². The van der Waals surface area contributed by atoms with Crippen molar-refractivity contribution in [1.82, 2.24) is 0 Å². The van der Waals surface area contributed by atoms with Gasteiger partial charge in [-0.2, -0.15) is 0 Å². The zero-order valence-electron chi connectivity index (χ0n) is 11.8. The van der Waals surface area contributed by atoms with Crippen LogP contribution in [0, 0.1) is 0 Å². The van der Waals surface area contributed by atoms with E-state index in [1.165, 1.54) is 0 Å². The van der Waals surface area contributed by atoms with Gasteiger partial charge in [0.2, 0.25) is 0 Å². The largest absolute Gasteiger partial charge is 0.493 e. The smallest absolute Gasteiger partial charge is 0.305 e. The molecule has 0 amide bonds. The molecule has 1 aliphatic rings. The number of nitrogens with zero attached hydrogens (tertiary/aromatic N) is 1. The molecule has 0 radical (unpaired) electrons. The molecule has 2 rings (SSSR count). The molecule has 6 nitrogen and oxygen atoms in total. The van der Waals surface area contributed by atoms with E-state index in [1.807, 2.05) is 12.1 Å². The predicted molar refractivity (Wildman–Crippen MR) is 77.1 cm³/mol. The highest BCUT2D eigenvalue weighted by atomic mass is 16.5. The number of benzene rings is 1. The summed E-state index contributed by atoms with van der Waals surface area (Å²) < 4.78 is 10.6. The number of carbonyl (C=O) groups is 1. The quantitative estimate of drug-likeness (QED) is 0.857. The van der Waals surface area contributed by atoms with Crippen LogP contribution in [0.25, 0.3) is 0 Å². The van der Waals surface area contributed by atoms with E-state index < -0.39 is 5.97 Å². The number of anilines is 2. The summed E-state index contributed by atoms with van der Waals surface area (Å²) in [4.78, 5) is 12.9. The van der Waals surface area contributed by atoms with Crippen LogP contribution in [-0.4, -0.2) is 44.9 Å². The predicted octanol–water partition coefficient (Wildman–Crippen LogP) is 1.80. The van der Waals surface area contributed by atoms with Gasteiger partial charge in [0, 0.05) is 31.8 Å². The summed E-state index contributed by atoms with van der Waals surface area (Å²) in [5, 5.41) is 12.2. The Balaban J connectivity index is 2.33. The summed E-state index contributed by atoms with van der Waals surface area (Å²) in [5.41, 5.74) is 1.91. The minimum absolute atomic E-state index is 0.119. The molecule has 2 N–H and O–H groups in total. The summed E-state index contributed by atoms with van der Waals surface area (Å²) >= 11 is 0. The maximum absolute atomic E-state index is 10.8. The summed E-state index contributed by atoms with van der Waals surface area (Å²) in [6.07, 6.45) is 1.08. The van der Waals surface area contributed by atoms with Gasteiger partial charge in [0.05, 0.1) is 32.0 Å². The number of ether oxygens (including phenoxy) is 2. The number of carboxylic acid groups (broad SMARTS) is 1. The Labute approximate surface area is 118 Å². The molecule has 0 aromatic heterocycles. The third-order valence-electron chi connectivity index (χ3n) is 3.36. The molecule has 1 heterocycles. The molecule has 0 atom stereocenters. The number of fused-ring (bicyclic) bond motifs is 1. The van der Waals surface area contributed by atoms with Gasteiger partial charge in [-0.3, -0.25) is 4.79 Å². The number of nitrogens with one attached hydrogen (secondary N) is 1. The molecule has 20 heavy (non-hydrogen) atoms. The first-order valence-electron chi connectivity index (χ1n) is 6.62. The zero-order valence-corrected chi connectivity index (χ0v) is 11.8. The van der Waals surface area contributed by atoms with Crippen LogP contribution in [0.1, 0.15) is 12.8 Å². The van der Waals surface area contributed by atoms with Crippen LogP contribution in [0.3, 0.4) is 0 Å². The fourth-order valence-corrected chi connectivity index (χ4v) is 2.35. The monoisotopic (exact) mass is 280 g/mol. The van der Waals surface area contributed by atoms with E-state index in [2.05, 4.69) is 10.2 Å². The highest BCUT2D eigenvalue weighted by Gasteiger charge is 2.19. The second-order valence-electron chi connectivity index (χ2n) is 4.64. The van der Waals surface area contributed by atoms with E-state index in [0.29, 0.717) is 18.0 Å². The minimum atomic E-state index is -0.788. The molecular weight excluding hydrogens is 260 g/mol. The Bertz CT molecular complexity index is 490. The summed E-state index contributed by atoms with van der Waals surface area (Å²) in [6, 6.07) is 3.79. The lowest BCUT2D eigenvalue weighted by Crippen LogP contribution is -2.26. The molecule has 6 heteroatoms. The maximum atomic E-state index is 10.8. The SMILES string of the molecule is COc1cc2c(cc1OC)N(CCC(=O)O)CCCN2. The van der Waals surface area contributed by atoms with E-state index >= 15 is 0 Å². The Hall–Kier alpha value is -2.11. The number of hydrogen-bond acceptors (Lipinski definition) is 5. The summed E-state index contributed by atoms with van der Waals surface area (Å²) in [6.45, 7) is 2.16. The zero-order chi connectivity index (χ0) is 14.5. The normalized spacial score (nSPS) is 14.0. The molecule has 0 saturated carbocycles. The van der Waals surface area contributed by atoms with Crippen molar-refractivity contribution in [2.24, 2.45) is 0 Å². The van der Waals surface area contributed by atoms with E-state index in [-0.39, 0.29) is 6.42 Å². The summed E-state index contributed by atoms with van der Waals surface area (Å²) in [5.74, 6) is 0.526. The fourth-order valence-electron chi connectivity index (χ4n) is 2.35. The van der Waals surface area contributed by atoms with Crippen LogP contribution >= 0.6 is 0 Å². The Morgan fingerprint density at radius 3 is 2.70 bits per heavy atom. The van der Waals surface area contributed by atoms with Gasteiger partial charge in [-0.15, -0.1) is 0 Å². The molecule has 0 saturated heterocycles. The fraction of sp³-hybridized carbons (Fsp3) is 0.500. The molecule has 0 bridgehead atoms. The van der Waals surface area contributed by atoms with E-state index in [0.717, 1.165) is 30.9 Å². The topological polar surface area (TPSA) is 71.0 Å². The lowest BCUT2D eigenvalue weighted by molar-refractivity contribution is -0.136. The first-order chi connectivity index (χ1) is 9.65. The molecular formula is C14H20N2O4. The lowest BCUT2D eigenvalue weighted by Gasteiger charge is -2.25. The van der Waals surface area contributed by atoms with Gasteiger partial charge in [0.1, 0.15) is 0 Å². The number of aliphatic carboxylic acids is 1. The Morgan fingerprint density at radius 2 is 2.05 bits per heavy atom. The molecule has 0 aliphatic carbocycles. The minimum Gasteiger partial charge on any atom is -0.493 e. The Morgan fingerprint density at radius 1 is 1.35 bits per heavy atom. The maximum Gasteiger partial charge on any atom is 0.305 e. The number of carboxylic acids is 1. The van der Waals surface area contributed by atoms with Crippen LogP contribution in [-0.2, 0) is 4.79 Å². The van der Waals surface area contributed by atoms with Crippen LogP contribution in [0.15, 0.2) is 12.1 Å². The van der Waals surface area contributed by atoms with Crippen molar-refractivity contribution in [3.63, 3.8) is 0 Å². The average Bonchev–Trinajstić information content (AvgIpc) is 2.65. The van der Waals surface area contributed by atoms with Gasteiger partial charge in [-0.25, -0.2) is 0 Å². The number of rotatable bonds is 5. The van der Waals surface area contributed by atoms with Crippen molar-refractivity contribution in [2.45, 2.75) is 12.8 Å². The van der Waals surface area contributed by atoms with Crippen molar-refractivity contribution in [2.75, 3.05) is 44.1 Å². The molecule has 1 aromatic rings. The van der Waals surface area contributed by atoms with E-state index in [1.54, 1.807) is 14.2 Å². The first kappa shape index (κ1) is 14.3. The molecule has 0 fully saturated rings. The van der Waals surface area contributed by atoms with Gasteiger partial charge < -0.3 is 24.8 Å². The van der Waals surface area contributed by atoms with Crippen molar-refractivity contribution in [3.05, 3.63) is 12.1 Å². The molecule has 1 aliphatic heterocycles. The molecule has 0 spiro atoms. The second kappa shape index (κ2) is 6.36. The van der Waals surface area contributed by atoms with Gasteiger partial charge >= 0.3 is 5.97 Å². The van der Waals surface area contributed by atoms with Gasteiger partial charge in [0.25, 0.3) is 0 Å². The number of methoxy groups -OCH3 is 2. The van der Waals surface area contributed by atoms with Crippen LogP contribution in [0.5, 0.6) is 11.5 Å². The van der Waals surface area contributed by atoms with E-state index in [4.69, 9.17) is 14.6 Å². The number of hydrogen-bond donors (Lipinski definition) is 2. The average molecular weight is 280 g/mol. The molecule has 0 unspecified atom stereocenters. The van der Waals surface area contributed by atoms with Crippen LogP contribution in [0.2, 0.25) is 0 Å². The van der Waals surface area contributed by atoms with E-state index in [9.17, 15) is 4.79 Å². The van der Waals surface area contributed by atoms with Crippen molar-refractivity contribution in [3.8, 4) is 11.5 Å². The van der Waals surface area contributed by atoms with Crippen molar-refractivity contribution >= 4 is 17.3 Å². The lowest BCUT2D eigenvalue weighted by atomic mass is 10.2. The highest BCUT2D eigenvalue weighted by molar-refractivity contribution is 5.76. The highest BCUT2D eigenvalue weighted by Crippen LogP contribution is 2.39. The molecule has 110 valence electrons. The third kappa shape index (κ3) is 3.07. The van der Waals surface area contributed by atoms with Gasteiger partial charge in [-0.05, 0) is 6.42 Å².